The van der Waals surface area contributed by atoms with Gasteiger partial charge in [-0.15, -0.1) is 0 Å². The molecular formula is C100H111BN2. The molecule has 524 valence electrons. The van der Waals surface area contributed by atoms with Crippen molar-refractivity contribution in [1.82, 2.24) is 0 Å². The summed E-state index contributed by atoms with van der Waals surface area (Å²) in [5.41, 5.74) is 37.5. The molecule has 2 heterocycles. The van der Waals surface area contributed by atoms with Gasteiger partial charge >= 0.3 is 0 Å². The van der Waals surface area contributed by atoms with Gasteiger partial charge in [-0.2, -0.15) is 0 Å². The Hall–Kier alpha value is -8.92. The highest BCUT2D eigenvalue weighted by atomic mass is 15.2. The van der Waals surface area contributed by atoms with Crippen LogP contribution in [-0.2, 0) is 49.7 Å². The van der Waals surface area contributed by atoms with Crippen molar-refractivity contribution in [3.8, 4) is 44.5 Å². The second-order valence-corrected chi connectivity index (χ2v) is 38.8. The molecular weight excluding hydrogens is 1240 g/mol. The lowest BCUT2D eigenvalue weighted by atomic mass is 9.33. The molecule has 0 saturated heterocycles. The maximum Gasteiger partial charge on any atom is 0.252 e. The van der Waals surface area contributed by atoms with Crippen LogP contribution in [0.15, 0.2) is 218 Å². The molecule has 2 nitrogen and oxygen atoms in total. The van der Waals surface area contributed by atoms with Crippen molar-refractivity contribution in [3.05, 3.63) is 291 Å². The predicted octanol–water partition coefficient (Wildman–Crippen LogP) is 25.9. The Bertz CT molecular complexity index is 4750. The van der Waals surface area contributed by atoms with E-state index in [1.807, 2.05) is 0 Å². The molecule has 2 aliphatic heterocycles. The third kappa shape index (κ3) is 13.3. The predicted molar refractivity (Wildman–Crippen MR) is 448 cm³/mol. The Kier molecular flexibility index (Phi) is 17.2. The maximum absolute atomic E-state index is 2.74. The zero-order chi connectivity index (χ0) is 73.8. The first-order valence-electron chi connectivity index (χ1n) is 38.1. The molecule has 1 aliphatic carbocycles. The summed E-state index contributed by atoms with van der Waals surface area (Å²) in [6.45, 7) is 56.3. The third-order valence-corrected chi connectivity index (χ3v) is 22.9. The molecule has 3 heteroatoms. The largest absolute Gasteiger partial charge is 0.311 e. The Morgan fingerprint density at radius 1 is 0.252 bits per heavy atom. The van der Waals surface area contributed by atoms with Crippen LogP contribution in [0.2, 0.25) is 0 Å². The molecule has 0 radical (unpaired) electrons. The molecule has 0 unspecified atom stereocenters. The van der Waals surface area contributed by atoms with E-state index < -0.39 is 0 Å². The zero-order valence-corrected chi connectivity index (χ0v) is 66.5. The lowest BCUT2D eigenvalue weighted by molar-refractivity contribution is 0.568. The topological polar surface area (TPSA) is 6.48 Å². The van der Waals surface area contributed by atoms with Crippen LogP contribution < -0.4 is 26.2 Å². The van der Waals surface area contributed by atoms with Gasteiger partial charge in [0.25, 0.3) is 6.71 Å². The minimum atomic E-state index is -0.172. The van der Waals surface area contributed by atoms with E-state index in [9.17, 15) is 0 Å². The minimum absolute atomic E-state index is 0.0174. The van der Waals surface area contributed by atoms with Gasteiger partial charge in [-0.05, 0) is 220 Å². The quantitative estimate of drug-likeness (QED) is 0.147. The molecule has 0 fully saturated rings. The van der Waals surface area contributed by atoms with Gasteiger partial charge in [-0.1, -0.05) is 336 Å². The fourth-order valence-corrected chi connectivity index (χ4v) is 16.2. The summed E-state index contributed by atoms with van der Waals surface area (Å²) >= 11 is 0. The normalized spacial score (nSPS) is 14.3. The van der Waals surface area contributed by atoms with E-state index >= 15 is 0 Å². The van der Waals surface area contributed by atoms with E-state index in [1.54, 1.807) is 0 Å². The van der Waals surface area contributed by atoms with Crippen molar-refractivity contribution >= 4 is 57.2 Å². The molecule has 14 rings (SSSR count). The highest BCUT2D eigenvalue weighted by Gasteiger charge is 2.46. The second kappa shape index (κ2) is 24.9. The van der Waals surface area contributed by atoms with Crippen LogP contribution >= 0.6 is 0 Å². The highest BCUT2D eigenvalue weighted by molar-refractivity contribution is 7.00. The molecule has 3 aliphatic rings. The van der Waals surface area contributed by atoms with Crippen molar-refractivity contribution < 1.29 is 0 Å². The van der Waals surface area contributed by atoms with Crippen molar-refractivity contribution in [1.29, 1.82) is 0 Å². The third-order valence-electron chi connectivity index (χ3n) is 22.9. The first kappa shape index (κ1) is 71.1. The van der Waals surface area contributed by atoms with Crippen LogP contribution in [0.3, 0.4) is 0 Å². The number of fused-ring (bicyclic) bond motifs is 6. The number of rotatable bonds is 7. The van der Waals surface area contributed by atoms with E-state index in [4.69, 9.17) is 0 Å². The van der Waals surface area contributed by atoms with Crippen LogP contribution in [-0.4, -0.2) is 6.71 Å². The van der Waals surface area contributed by atoms with Crippen molar-refractivity contribution in [2.45, 2.75) is 222 Å². The lowest BCUT2D eigenvalue weighted by Gasteiger charge is -2.46. The fourth-order valence-electron chi connectivity index (χ4n) is 16.2. The number of anilines is 6. The molecule has 0 aromatic heterocycles. The molecule has 0 N–H and O–H groups in total. The van der Waals surface area contributed by atoms with E-state index in [-0.39, 0.29) is 56.0 Å². The Morgan fingerprint density at radius 3 is 0.893 bits per heavy atom. The van der Waals surface area contributed by atoms with Crippen molar-refractivity contribution in [2.24, 2.45) is 0 Å². The maximum atomic E-state index is 2.74. The van der Waals surface area contributed by atoms with E-state index in [2.05, 4.69) is 394 Å². The van der Waals surface area contributed by atoms with Crippen LogP contribution in [0.1, 0.15) is 244 Å². The first-order valence-corrected chi connectivity index (χ1v) is 38.1. The molecule has 0 saturated carbocycles. The monoisotopic (exact) mass is 1350 g/mol. The van der Waals surface area contributed by atoms with E-state index in [0.717, 1.165) is 17.8 Å². The number of hydrogen-bond acceptors (Lipinski definition) is 2. The molecule has 0 bridgehead atoms. The highest BCUT2D eigenvalue weighted by Crippen LogP contribution is 2.54. The second-order valence-electron chi connectivity index (χ2n) is 38.8. The summed E-state index contributed by atoms with van der Waals surface area (Å²) in [6, 6.07) is 88.0. The lowest BCUT2D eigenvalue weighted by Crippen LogP contribution is -2.61. The molecule has 0 atom stereocenters. The first-order chi connectivity index (χ1) is 48.1. The summed E-state index contributed by atoms with van der Waals surface area (Å²) in [6.07, 6.45) is 0.892. The van der Waals surface area contributed by atoms with Gasteiger partial charge in [0.15, 0.2) is 0 Å². The van der Waals surface area contributed by atoms with Gasteiger partial charge < -0.3 is 9.80 Å². The molecule has 11 aromatic carbocycles. The summed E-state index contributed by atoms with van der Waals surface area (Å²) in [5.74, 6) is -0.0717. The Morgan fingerprint density at radius 2 is 0.563 bits per heavy atom. The summed E-state index contributed by atoms with van der Waals surface area (Å²) in [4.78, 5) is 5.49. The van der Waals surface area contributed by atoms with Crippen LogP contribution in [0.4, 0.5) is 34.1 Å². The van der Waals surface area contributed by atoms with Crippen molar-refractivity contribution in [2.75, 3.05) is 9.80 Å². The molecule has 103 heavy (non-hydrogen) atoms. The smallest absolute Gasteiger partial charge is 0.252 e. The van der Waals surface area contributed by atoms with Gasteiger partial charge in [0.2, 0.25) is 0 Å². The van der Waals surface area contributed by atoms with Gasteiger partial charge in [0.1, 0.15) is 0 Å². The Labute approximate surface area is 620 Å². The van der Waals surface area contributed by atoms with Crippen LogP contribution in [0.5, 0.6) is 0 Å². The van der Waals surface area contributed by atoms with Gasteiger partial charge in [-0.25, -0.2) is 0 Å². The van der Waals surface area contributed by atoms with Gasteiger partial charge in [-0.3, -0.25) is 0 Å². The average Bonchev–Trinajstić information content (AvgIpc) is 0.688. The summed E-state index contributed by atoms with van der Waals surface area (Å²) < 4.78 is 0. The SMILES string of the molecule is CC(C)(C)c1ccc(-c2cc(C(C)(C)C)ccc2N2c3cc(-c4cc(C(C)(C)C)cc(C(C)(C)C)c4)ccc3B3c4ccc(-c5cc(C(C)(C)C)cc(C(C)(C)C)c5)cc4N(c4ccc(C(C)(C)C)cc4-c4ccc(C(C)(C)C)cc4)c4cc(C5c6ccccc6Cc6ccccc65)cc2c43)cc1. The summed E-state index contributed by atoms with van der Waals surface area (Å²) in [7, 11) is 0. The zero-order valence-electron chi connectivity index (χ0n) is 66.5. The van der Waals surface area contributed by atoms with Crippen molar-refractivity contribution in [3.63, 3.8) is 0 Å². The molecule has 0 amide bonds. The minimum Gasteiger partial charge on any atom is -0.311 e. The number of nitrogens with zero attached hydrogens (tertiary/aromatic N) is 2. The van der Waals surface area contributed by atoms with Crippen LogP contribution in [0.25, 0.3) is 44.5 Å². The number of hydrogen-bond donors (Lipinski definition) is 0. The standard InChI is InChI=1S/C100H111BN2/c1-93(2,3)71-39-33-62(34-40-71)81-60-73(95(7,8)9)43-47-85(81)102-87-54-64(68-50-75(97(13,14)15)58-76(51-68)98(16,17)18)37-45-83(87)101-84-46-38-65(69-52-77(99(19,20)21)59-78(53-69)100(22,23)24)55-88(84)103(86-48-44-74(96(10,11)12)61-82(86)63-35-41-72(42-36-63)94(4,5)6)90-57-70(56-89(102)92(90)101)91-79-31-27-25-29-66(79)49-67-30-26-28-32-80(67)91/h25-48,50-61,91H,49H2,1-24H3. The number of benzene rings is 11. The molecule has 0 spiro atoms. The van der Waals surface area contributed by atoms with Gasteiger partial charge in [0, 0.05) is 39.8 Å². The fraction of sp³-hybridized carbons (Fsp3) is 0.340. The summed E-state index contributed by atoms with van der Waals surface area (Å²) in [5, 5.41) is 0. The van der Waals surface area contributed by atoms with Gasteiger partial charge in [0.05, 0.1) is 11.4 Å². The Balaban J connectivity index is 1.17. The van der Waals surface area contributed by atoms with E-state index in [1.165, 1.54) is 156 Å². The van der Waals surface area contributed by atoms with Crippen LogP contribution in [0, 0.1) is 0 Å². The average molecular weight is 1350 g/mol. The van der Waals surface area contributed by atoms with E-state index in [0.29, 0.717) is 0 Å². The molecule has 11 aromatic rings.